The second-order valence-corrected chi connectivity index (χ2v) is 5.14. The van der Waals surface area contributed by atoms with Crippen LogP contribution in [0.25, 0.3) is 0 Å². The minimum atomic E-state index is 0.222. The molecule has 0 N–H and O–H groups in total. The maximum atomic E-state index is 5.32. The van der Waals surface area contributed by atoms with E-state index in [1.807, 2.05) is 0 Å². The number of methoxy groups -OCH3 is 4. The zero-order chi connectivity index (χ0) is 14.5. The van der Waals surface area contributed by atoms with Crippen molar-refractivity contribution >= 4 is 0 Å². The molecule has 20 heavy (non-hydrogen) atoms. The van der Waals surface area contributed by atoms with E-state index in [-0.39, 0.29) is 12.3 Å². The van der Waals surface area contributed by atoms with Crippen LogP contribution in [0.3, 0.4) is 0 Å². The molecule has 2 saturated heterocycles. The van der Waals surface area contributed by atoms with E-state index < -0.39 is 0 Å². The van der Waals surface area contributed by atoms with E-state index in [1.165, 1.54) is 0 Å². The third kappa shape index (κ3) is 3.12. The van der Waals surface area contributed by atoms with E-state index >= 15 is 0 Å². The zero-order valence-electron chi connectivity index (χ0n) is 12.8. The molecule has 2 aliphatic heterocycles. The molecule has 0 amide bonds. The van der Waals surface area contributed by atoms with E-state index in [2.05, 4.69) is 19.6 Å². The number of ether oxygens (including phenoxy) is 4. The largest absolute Gasteiger partial charge is 0.369 e. The van der Waals surface area contributed by atoms with Gasteiger partial charge in [-0.2, -0.15) is 0 Å². The van der Waals surface area contributed by atoms with Gasteiger partial charge in [0.15, 0.2) is 0 Å². The van der Waals surface area contributed by atoms with Crippen LogP contribution in [0.15, 0.2) is 0 Å². The summed E-state index contributed by atoms with van der Waals surface area (Å²) in [5, 5.41) is 0. The van der Waals surface area contributed by atoms with Gasteiger partial charge in [-0.3, -0.25) is 0 Å². The van der Waals surface area contributed by atoms with Crippen molar-refractivity contribution in [1.29, 1.82) is 0 Å². The Morgan fingerprint density at radius 3 is 1.05 bits per heavy atom. The van der Waals surface area contributed by atoms with Crippen LogP contribution < -0.4 is 0 Å². The summed E-state index contributed by atoms with van der Waals surface area (Å²) in [5.74, 6) is 0. The van der Waals surface area contributed by atoms with Crippen LogP contribution >= 0.6 is 0 Å². The topological polar surface area (TPSA) is 49.9 Å². The minimum Gasteiger partial charge on any atom is -0.369 e. The highest BCUT2D eigenvalue weighted by atomic mass is 16.5. The van der Waals surface area contributed by atoms with E-state index in [4.69, 9.17) is 18.9 Å². The van der Waals surface area contributed by atoms with Crippen molar-refractivity contribution < 1.29 is 18.9 Å². The molecule has 0 unspecified atom stereocenters. The summed E-state index contributed by atoms with van der Waals surface area (Å²) in [7, 11) is 6.88. The highest BCUT2D eigenvalue weighted by molar-refractivity contribution is 4.95. The summed E-state index contributed by atoms with van der Waals surface area (Å²) < 4.78 is 21.3. The van der Waals surface area contributed by atoms with Crippen LogP contribution in [-0.2, 0) is 18.9 Å². The molecule has 2 aliphatic rings. The standard InChI is InChI=1S/C12H26N4O4/c1-17-7-13-5-14(8-18-2)12-11(13)15(9-19-3)6-16(12)10-20-4/h11-12H,5-10H2,1-4H3. The quantitative estimate of drug-likeness (QED) is 0.576. The lowest BCUT2D eigenvalue weighted by Gasteiger charge is -2.28. The Bertz CT molecular complexity index is 245. The van der Waals surface area contributed by atoms with E-state index in [1.54, 1.807) is 28.4 Å². The molecular weight excluding hydrogens is 264 g/mol. The monoisotopic (exact) mass is 290 g/mol. The van der Waals surface area contributed by atoms with Crippen molar-refractivity contribution in [2.75, 3.05) is 68.7 Å². The molecule has 0 aromatic carbocycles. The number of hydrogen-bond donors (Lipinski definition) is 0. The van der Waals surface area contributed by atoms with Gasteiger partial charge in [-0.15, -0.1) is 0 Å². The maximum absolute atomic E-state index is 5.32. The molecule has 0 spiro atoms. The third-order valence-electron chi connectivity index (χ3n) is 3.67. The fourth-order valence-electron chi connectivity index (χ4n) is 3.15. The van der Waals surface area contributed by atoms with Gasteiger partial charge in [0.2, 0.25) is 0 Å². The third-order valence-corrected chi connectivity index (χ3v) is 3.67. The summed E-state index contributed by atoms with van der Waals surface area (Å²) in [5.41, 5.74) is 0. The molecular formula is C12H26N4O4. The molecule has 0 radical (unpaired) electrons. The molecule has 8 nitrogen and oxygen atoms in total. The van der Waals surface area contributed by atoms with Crippen LogP contribution in [-0.4, -0.2) is 101 Å². The Hall–Kier alpha value is -0.320. The predicted octanol–water partition coefficient (Wildman–Crippen LogP) is -0.796. The first-order chi connectivity index (χ1) is 9.76. The SMILES string of the molecule is COCN1CN(COC)C2C1N(COC)CN2COC. The summed E-state index contributed by atoms with van der Waals surface area (Å²) >= 11 is 0. The number of nitrogens with zero attached hydrogens (tertiary/aromatic N) is 4. The zero-order valence-corrected chi connectivity index (χ0v) is 12.8. The molecule has 8 heteroatoms. The second-order valence-electron chi connectivity index (χ2n) is 5.14. The molecule has 0 bridgehead atoms. The predicted molar refractivity (Wildman–Crippen MR) is 72.2 cm³/mol. The molecule has 0 atom stereocenters. The highest BCUT2D eigenvalue weighted by Crippen LogP contribution is 2.31. The van der Waals surface area contributed by atoms with Crippen molar-refractivity contribution in [2.45, 2.75) is 12.3 Å². The van der Waals surface area contributed by atoms with Crippen molar-refractivity contribution in [3.63, 3.8) is 0 Å². The molecule has 0 aromatic rings. The Morgan fingerprint density at radius 1 is 0.600 bits per heavy atom. The van der Waals surface area contributed by atoms with Gasteiger partial charge in [0.25, 0.3) is 0 Å². The lowest BCUT2D eigenvalue weighted by Crippen LogP contribution is -2.47. The number of hydrogen-bond acceptors (Lipinski definition) is 8. The molecule has 0 aliphatic carbocycles. The molecule has 118 valence electrons. The summed E-state index contributed by atoms with van der Waals surface area (Å²) in [4.78, 5) is 9.10. The first-order valence-electron chi connectivity index (χ1n) is 6.68. The van der Waals surface area contributed by atoms with Crippen molar-refractivity contribution in [3.8, 4) is 0 Å². The van der Waals surface area contributed by atoms with Gasteiger partial charge in [0, 0.05) is 28.4 Å². The van der Waals surface area contributed by atoms with Crippen LogP contribution in [0.2, 0.25) is 0 Å². The summed E-state index contributed by atoms with van der Waals surface area (Å²) in [6.45, 7) is 3.95. The molecule has 2 rings (SSSR count). The van der Waals surface area contributed by atoms with Gasteiger partial charge in [0.05, 0.1) is 25.7 Å². The van der Waals surface area contributed by atoms with Crippen molar-refractivity contribution in [1.82, 2.24) is 19.6 Å². The molecule has 0 aromatic heterocycles. The lowest BCUT2D eigenvalue weighted by molar-refractivity contribution is -0.0536. The van der Waals surface area contributed by atoms with Gasteiger partial charge >= 0.3 is 0 Å². The molecule has 0 saturated carbocycles. The first-order valence-corrected chi connectivity index (χ1v) is 6.68. The van der Waals surface area contributed by atoms with Crippen LogP contribution in [0, 0.1) is 0 Å². The van der Waals surface area contributed by atoms with Gasteiger partial charge in [0.1, 0.15) is 26.9 Å². The summed E-state index contributed by atoms with van der Waals surface area (Å²) in [6, 6.07) is 0. The van der Waals surface area contributed by atoms with Crippen molar-refractivity contribution in [2.24, 2.45) is 0 Å². The lowest BCUT2D eigenvalue weighted by atomic mass is 10.3. The number of fused-ring (bicyclic) bond motifs is 1. The maximum Gasteiger partial charge on any atom is 0.101 e. The van der Waals surface area contributed by atoms with Crippen LogP contribution in [0.4, 0.5) is 0 Å². The number of rotatable bonds is 8. The fraction of sp³-hybridized carbons (Fsp3) is 1.00. The average molecular weight is 290 g/mol. The smallest absolute Gasteiger partial charge is 0.101 e. The Balaban J connectivity index is 2.15. The molecule has 2 heterocycles. The van der Waals surface area contributed by atoms with Crippen LogP contribution in [0.5, 0.6) is 0 Å². The Labute approximate surface area is 120 Å². The Kier molecular flexibility index (Phi) is 6.12. The normalized spacial score (nSPS) is 29.4. The summed E-state index contributed by atoms with van der Waals surface area (Å²) in [6.07, 6.45) is 0.445. The second kappa shape index (κ2) is 7.62. The van der Waals surface area contributed by atoms with Gasteiger partial charge in [-0.1, -0.05) is 0 Å². The fourth-order valence-corrected chi connectivity index (χ4v) is 3.15. The van der Waals surface area contributed by atoms with Crippen LogP contribution in [0.1, 0.15) is 0 Å². The van der Waals surface area contributed by atoms with Gasteiger partial charge in [-0.25, -0.2) is 19.6 Å². The van der Waals surface area contributed by atoms with Gasteiger partial charge < -0.3 is 18.9 Å². The minimum absolute atomic E-state index is 0.222. The first kappa shape index (κ1) is 16.1. The van der Waals surface area contributed by atoms with E-state index in [0.29, 0.717) is 26.9 Å². The highest BCUT2D eigenvalue weighted by Gasteiger charge is 2.51. The molecule has 2 fully saturated rings. The van der Waals surface area contributed by atoms with E-state index in [0.717, 1.165) is 13.3 Å². The Morgan fingerprint density at radius 2 is 0.850 bits per heavy atom. The van der Waals surface area contributed by atoms with E-state index in [9.17, 15) is 0 Å². The van der Waals surface area contributed by atoms with Gasteiger partial charge in [-0.05, 0) is 0 Å². The van der Waals surface area contributed by atoms with Crippen molar-refractivity contribution in [3.05, 3.63) is 0 Å². The average Bonchev–Trinajstić information content (AvgIpc) is 2.93.